The zero-order chi connectivity index (χ0) is 11.6. The molecule has 0 spiro atoms. The quantitative estimate of drug-likeness (QED) is 0.647. The van der Waals surface area contributed by atoms with E-state index >= 15 is 0 Å². The van der Waals surface area contributed by atoms with Crippen molar-refractivity contribution in [3.05, 3.63) is 24.3 Å². The number of rotatable bonds is 3. The smallest absolute Gasteiger partial charge is 0.0677 e. The number of nitrogen functional groups attached to an aromatic ring is 1. The van der Waals surface area contributed by atoms with Crippen LogP contribution >= 0.6 is 11.8 Å². The molecule has 0 bridgehead atoms. The Hall–Kier alpha value is -0.670. The van der Waals surface area contributed by atoms with Gasteiger partial charge in [0.1, 0.15) is 0 Å². The zero-order valence-corrected chi connectivity index (χ0v) is 10.7. The van der Waals surface area contributed by atoms with Crippen LogP contribution in [-0.4, -0.2) is 17.5 Å². The van der Waals surface area contributed by atoms with Crippen molar-refractivity contribution in [2.24, 2.45) is 0 Å². The van der Waals surface area contributed by atoms with Gasteiger partial charge in [-0.25, -0.2) is 0 Å². The fraction of sp³-hybridized carbons (Fsp3) is 0.538. The highest BCUT2D eigenvalue weighted by molar-refractivity contribution is 7.99. The number of hydrogen-bond acceptors (Lipinski definition) is 3. The van der Waals surface area contributed by atoms with E-state index < -0.39 is 0 Å². The highest BCUT2D eigenvalue weighted by Gasteiger charge is 2.31. The molecule has 1 aromatic rings. The summed E-state index contributed by atoms with van der Waals surface area (Å²) in [6.07, 6.45) is 2.69. The highest BCUT2D eigenvalue weighted by atomic mass is 32.2. The van der Waals surface area contributed by atoms with E-state index in [1.165, 1.54) is 0 Å². The van der Waals surface area contributed by atoms with E-state index in [1.807, 2.05) is 18.2 Å². The minimum absolute atomic E-state index is 0.0630. The van der Waals surface area contributed by atoms with Gasteiger partial charge in [0.05, 0.1) is 11.7 Å². The van der Waals surface area contributed by atoms with Gasteiger partial charge in [-0.2, -0.15) is 0 Å². The molecule has 2 rings (SSSR count). The van der Waals surface area contributed by atoms with Gasteiger partial charge in [0, 0.05) is 16.3 Å². The molecule has 1 saturated heterocycles. The summed E-state index contributed by atoms with van der Waals surface area (Å²) in [4.78, 5) is 1.16. The first kappa shape index (κ1) is 11.8. The van der Waals surface area contributed by atoms with Crippen molar-refractivity contribution in [2.75, 3.05) is 11.5 Å². The molecular weight excluding hydrogens is 218 g/mol. The van der Waals surface area contributed by atoms with Crippen molar-refractivity contribution in [1.29, 1.82) is 0 Å². The summed E-state index contributed by atoms with van der Waals surface area (Å²) in [5.41, 5.74) is 6.83. The average molecular weight is 237 g/mol. The molecule has 1 aromatic carbocycles. The Kier molecular flexibility index (Phi) is 3.45. The highest BCUT2D eigenvalue weighted by Crippen LogP contribution is 2.33. The Morgan fingerprint density at radius 1 is 1.44 bits per heavy atom. The molecule has 88 valence electrons. The summed E-state index contributed by atoms with van der Waals surface area (Å²) in [5.74, 6) is 0.998. The number of thioether (sulfide) groups is 1. The number of anilines is 1. The minimum Gasteiger partial charge on any atom is -0.398 e. The molecule has 0 aromatic heterocycles. The first-order valence-electron chi connectivity index (χ1n) is 5.72. The molecule has 3 heteroatoms. The van der Waals surface area contributed by atoms with Crippen LogP contribution in [0.25, 0.3) is 0 Å². The lowest BCUT2D eigenvalue weighted by atomic mass is 10.1. The Bertz CT molecular complexity index is 365. The van der Waals surface area contributed by atoms with Gasteiger partial charge in [-0.3, -0.25) is 0 Å². The Morgan fingerprint density at radius 3 is 2.81 bits per heavy atom. The predicted molar refractivity (Wildman–Crippen MR) is 69.8 cm³/mol. The third-order valence-electron chi connectivity index (χ3n) is 2.90. The van der Waals surface area contributed by atoms with Crippen LogP contribution in [-0.2, 0) is 4.74 Å². The van der Waals surface area contributed by atoms with Crippen molar-refractivity contribution < 1.29 is 4.74 Å². The van der Waals surface area contributed by atoms with Crippen LogP contribution in [0.2, 0.25) is 0 Å². The molecule has 1 aliphatic heterocycles. The molecule has 2 N–H and O–H groups in total. The SMILES string of the molecule is CC1(C)CCC(CSc2ccccc2N)O1. The van der Waals surface area contributed by atoms with Crippen molar-refractivity contribution >= 4 is 17.4 Å². The second-order valence-electron chi connectivity index (χ2n) is 4.89. The molecule has 1 atom stereocenters. The van der Waals surface area contributed by atoms with E-state index in [0.717, 1.165) is 29.2 Å². The number of benzene rings is 1. The van der Waals surface area contributed by atoms with Crippen LogP contribution in [0.1, 0.15) is 26.7 Å². The van der Waals surface area contributed by atoms with Crippen LogP contribution < -0.4 is 5.73 Å². The summed E-state index contributed by atoms with van der Waals surface area (Å²) in [6.45, 7) is 4.32. The largest absolute Gasteiger partial charge is 0.398 e. The molecule has 0 aliphatic carbocycles. The van der Waals surface area contributed by atoms with Gasteiger partial charge < -0.3 is 10.5 Å². The van der Waals surface area contributed by atoms with Crippen LogP contribution in [0, 0.1) is 0 Å². The lowest BCUT2D eigenvalue weighted by molar-refractivity contribution is -0.00466. The monoisotopic (exact) mass is 237 g/mol. The molecule has 0 amide bonds. The fourth-order valence-electron chi connectivity index (χ4n) is 1.99. The topological polar surface area (TPSA) is 35.2 Å². The summed E-state index contributed by atoms with van der Waals surface area (Å²) >= 11 is 1.80. The maximum Gasteiger partial charge on any atom is 0.0677 e. The van der Waals surface area contributed by atoms with Crippen molar-refractivity contribution in [3.8, 4) is 0 Å². The molecule has 0 radical (unpaired) electrons. The Labute approximate surface area is 102 Å². The van der Waals surface area contributed by atoms with E-state index in [0.29, 0.717) is 6.10 Å². The zero-order valence-electron chi connectivity index (χ0n) is 9.90. The average Bonchev–Trinajstić information content (AvgIpc) is 2.57. The number of hydrogen-bond donors (Lipinski definition) is 1. The van der Waals surface area contributed by atoms with Crippen LogP contribution in [0.15, 0.2) is 29.2 Å². The van der Waals surface area contributed by atoms with Gasteiger partial charge >= 0.3 is 0 Å². The molecule has 16 heavy (non-hydrogen) atoms. The van der Waals surface area contributed by atoms with E-state index in [1.54, 1.807) is 11.8 Å². The molecular formula is C13H19NOS. The first-order chi connectivity index (χ1) is 7.57. The van der Waals surface area contributed by atoms with Crippen LogP contribution in [0.3, 0.4) is 0 Å². The minimum atomic E-state index is 0.0630. The molecule has 1 fully saturated rings. The van der Waals surface area contributed by atoms with E-state index in [2.05, 4.69) is 19.9 Å². The third-order valence-corrected chi connectivity index (χ3v) is 4.12. The van der Waals surface area contributed by atoms with Gasteiger partial charge in [-0.15, -0.1) is 11.8 Å². The van der Waals surface area contributed by atoms with Gasteiger partial charge in [-0.05, 0) is 38.8 Å². The molecule has 1 aliphatic rings. The second-order valence-corrected chi connectivity index (χ2v) is 5.95. The van der Waals surface area contributed by atoms with Crippen molar-refractivity contribution in [3.63, 3.8) is 0 Å². The van der Waals surface area contributed by atoms with Crippen LogP contribution in [0.5, 0.6) is 0 Å². The lowest BCUT2D eigenvalue weighted by Gasteiger charge is -2.19. The number of para-hydroxylation sites is 1. The molecule has 2 nitrogen and oxygen atoms in total. The van der Waals surface area contributed by atoms with Gasteiger partial charge in [-0.1, -0.05) is 12.1 Å². The Balaban J connectivity index is 1.87. The van der Waals surface area contributed by atoms with Gasteiger partial charge in [0.2, 0.25) is 0 Å². The lowest BCUT2D eigenvalue weighted by Crippen LogP contribution is -2.21. The number of nitrogens with two attached hydrogens (primary N) is 1. The maximum absolute atomic E-state index is 5.95. The Morgan fingerprint density at radius 2 is 2.19 bits per heavy atom. The summed E-state index contributed by atoms with van der Waals surface area (Å²) in [5, 5.41) is 0. The van der Waals surface area contributed by atoms with Crippen LogP contribution in [0.4, 0.5) is 5.69 Å². The maximum atomic E-state index is 5.95. The predicted octanol–water partition coefficient (Wildman–Crippen LogP) is 3.32. The summed E-state index contributed by atoms with van der Waals surface area (Å²) in [7, 11) is 0. The molecule has 1 heterocycles. The second kappa shape index (κ2) is 4.68. The number of ether oxygens (including phenoxy) is 1. The summed E-state index contributed by atoms with van der Waals surface area (Å²) < 4.78 is 5.95. The van der Waals surface area contributed by atoms with Crippen molar-refractivity contribution in [2.45, 2.75) is 43.3 Å². The van der Waals surface area contributed by atoms with E-state index in [9.17, 15) is 0 Å². The van der Waals surface area contributed by atoms with Gasteiger partial charge in [0.15, 0.2) is 0 Å². The normalized spacial score (nSPS) is 23.5. The third kappa shape index (κ3) is 2.92. The van der Waals surface area contributed by atoms with Gasteiger partial charge in [0.25, 0.3) is 0 Å². The first-order valence-corrected chi connectivity index (χ1v) is 6.70. The fourth-order valence-corrected chi connectivity index (χ4v) is 3.00. The van der Waals surface area contributed by atoms with E-state index in [4.69, 9.17) is 10.5 Å². The molecule has 0 saturated carbocycles. The standard InChI is InChI=1S/C13H19NOS/c1-13(2)8-7-10(15-13)9-16-12-6-4-3-5-11(12)14/h3-6,10H,7-9,14H2,1-2H3. The van der Waals surface area contributed by atoms with Crippen molar-refractivity contribution in [1.82, 2.24) is 0 Å². The molecule has 1 unspecified atom stereocenters. The van der Waals surface area contributed by atoms with E-state index in [-0.39, 0.29) is 5.60 Å². The summed E-state index contributed by atoms with van der Waals surface area (Å²) in [6, 6.07) is 8.01.